The highest BCUT2D eigenvalue weighted by molar-refractivity contribution is 7.88. The van der Waals surface area contributed by atoms with Crippen molar-refractivity contribution in [3.63, 3.8) is 0 Å². The lowest BCUT2D eigenvalue weighted by molar-refractivity contribution is 0.206. The number of nitrogens with two attached hydrogens (primary N) is 1. The smallest absolute Gasteiger partial charge is 0.211 e. The Hall–Kier alpha value is -0.130. The first-order valence-electron chi connectivity index (χ1n) is 6.31. The highest BCUT2D eigenvalue weighted by atomic mass is 32.2. The van der Waals surface area contributed by atoms with Crippen molar-refractivity contribution >= 4 is 10.0 Å². The molecular weight excluding hydrogens is 236 g/mol. The van der Waals surface area contributed by atoms with E-state index < -0.39 is 10.0 Å². The van der Waals surface area contributed by atoms with Gasteiger partial charge in [-0.3, -0.25) is 0 Å². The van der Waals surface area contributed by atoms with Crippen LogP contribution in [-0.2, 0) is 10.0 Å². The number of sulfonamides is 1. The lowest BCUT2D eigenvalue weighted by atomic mass is 9.80. The molecule has 0 aromatic heterocycles. The van der Waals surface area contributed by atoms with Gasteiger partial charge in [-0.1, -0.05) is 20.8 Å². The Bertz CT molecular complexity index is 346. The summed E-state index contributed by atoms with van der Waals surface area (Å²) in [7, 11) is -3.04. The van der Waals surface area contributed by atoms with E-state index in [1.54, 1.807) is 4.31 Å². The Morgan fingerprint density at radius 1 is 1.41 bits per heavy atom. The van der Waals surface area contributed by atoms with Crippen LogP contribution in [0.3, 0.4) is 0 Å². The minimum atomic E-state index is -3.04. The van der Waals surface area contributed by atoms with Crippen LogP contribution in [0.15, 0.2) is 0 Å². The van der Waals surface area contributed by atoms with Crippen LogP contribution in [0.1, 0.15) is 40.0 Å². The third-order valence-electron chi connectivity index (χ3n) is 3.65. The minimum Gasteiger partial charge on any atom is -0.327 e. The number of rotatable bonds is 3. The van der Waals surface area contributed by atoms with Crippen LogP contribution in [0.5, 0.6) is 0 Å². The second-order valence-electron chi connectivity index (χ2n) is 6.34. The third kappa shape index (κ3) is 4.56. The maximum atomic E-state index is 11.5. The Labute approximate surface area is 106 Å². The monoisotopic (exact) mass is 262 g/mol. The van der Waals surface area contributed by atoms with Gasteiger partial charge in [0.25, 0.3) is 0 Å². The molecule has 5 heteroatoms. The minimum absolute atomic E-state index is 0.0906. The van der Waals surface area contributed by atoms with Crippen molar-refractivity contribution < 1.29 is 8.42 Å². The molecule has 0 aliphatic carbocycles. The molecule has 2 unspecified atom stereocenters. The zero-order valence-electron chi connectivity index (χ0n) is 11.4. The van der Waals surface area contributed by atoms with Crippen molar-refractivity contribution in [1.82, 2.24) is 4.31 Å². The molecule has 1 aliphatic heterocycles. The van der Waals surface area contributed by atoms with Crippen molar-refractivity contribution in [2.45, 2.75) is 46.1 Å². The van der Waals surface area contributed by atoms with Gasteiger partial charge < -0.3 is 5.73 Å². The molecule has 0 saturated carbocycles. The van der Waals surface area contributed by atoms with Crippen LogP contribution < -0.4 is 5.73 Å². The van der Waals surface area contributed by atoms with E-state index in [1.165, 1.54) is 6.26 Å². The van der Waals surface area contributed by atoms with E-state index in [2.05, 4.69) is 20.8 Å². The molecule has 102 valence electrons. The fraction of sp³-hybridized carbons (Fsp3) is 1.00. The van der Waals surface area contributed by atoms with Gasteiger partial charge >= 0.3 is 0 Å². The van der Waals surface area contributed by atoms with Crippen LogP contribution in [0, 0.1) is 11.3 Å². The summed E-state index contributed by atoms with van der Waals surface area (Å²) >= 11 is 0. The Balaban J connectivity index is 2.57. The molecule has 1 rings (SSSR count). The third-order valence-corrected chi connectivity index (χ3v) is 4.92. The fourth-order valence-electron chi connectivity index (χ4n) is 2.23. The van der Waals surface area contributed by atoms with E-state index >= 15 is 0 Å². The SMILES string of the molecule is CC(C)(C)C(N)CC1CCCN(S(C)(=O)=O)C1. The van der Waals surface area contributed by atoms with Gasteiger partial charge in [0.15, 0.2) is 0 Å². The van der Waals surface area contributed by atoms with Crippen molar-refractivity contribution in [3.8, 4) is 0 Å². The van der Waals surface area contributed by atoms with E-state index in [0.29, 0.717) is 19.0 Å². The predicted octanol–water partition coefficient (Wildman–Crippen LogP) is 1.42. The highest BCUT2D eigenvalue weighted by Gasteiger charge is 2.29. The number of nitrogens with zero attached hydrogens (tertiary/aromatic N) is 1. The number of hydrogen-bond donors (Lipinski definition) is 1. The zero-order valence-corrected chi connectivity index (χ0v) is 12.3. The standard InChI is InChI=1S/C12H26N2O2S/c1-12(2,3)11(13)8-10-6-5-7-14(9-10)17(4,15)16/h10-11H,5-9,13H2,1-4H3. The molecule has 4 nitrogen and oxygen atoms in total. The van der Waals surface area contributed by atoms with Gasteiger partial charge in [0.05, 0.1) is 6.26 Å². The molecule has 0 bridgehead atoms. The van der Waals surface area contributed by atoms with Crippen molar-refractivity contribution in [1.29, 1.82) is 0 Å². The largest absolute Gasteiger partial charge is 0.327 e. The molecule has 1 heterocycles. The van der Waals surface area contributed by atoms with Gasteiger partial charge in [-0.2, -0.15) is 0 Å². The molecule has 0 spiro atoms. The molecule has 0 aromatic carbocycles. The second-order valence-corrected chi connectivity index (χ2v) is 8.32. The lowest BCUT2D eigenvalue weighted by Gasteiger charge is -2.35. The average Bonchev–Trinajstić information content (AvgIpc) is 2.15. The normalized spacial score (nSPS) is 25.8. The predicted molar refractivity (Wildman–Crippen MR) is 71.2 cm³/mol. The van der Waals surface area contributed by atoms with Gasteiger partial charge in [0, 0.05) is 19.1 Å². The van der Waals surface area contributed by atoms with Crippen LogP contribution in [0.25, 0.3) is 0 Å². The van der Waals surface area contributed by atoms with E-state index in [-0.39, 0.29) is 11.5 Å². The summed E-state index contributed by atoms with van der Waals surface area (Å²) < 4.78 is 24.6. The maximum absolute atomic E-state index is 11.5. The van der Waals surface area contributed by atoms with Gasteiger partial charge in [-0.25, -0.2) is 12.7 Å². The topological polar surface area (TPSA) is 63.4 Å². The summed E-state index contributed by atoms with van der Waals surface area (Å²) in [5, 5.41) is 0. The molecule has 0 aromatic rings. The first-order chi connectivity index (χ1) is 7.60. The Morgan fingerprint density at radius 2 is 2.00 bits per heavy atom. The van der Waals surface area contributed by atoms with Crippen molar-refractivity contribution in [2.75, 3.05) is 19.3 Å². The fourth-order valence-corrected chi connectivity index (χ4v) is 3.18. The summed E-state index contributed by atoms with van der Waals surface area (Å²) in [6.07, 6.45) is 4.25. The summed E-state index contributed by atoms with van der Waals surface area (Å²) in [5.74, 6) is 0.410. The summed E-state index contributed by atoms with van der Waals surface area (Å²) in [6.45, 7) is 7.71. The first kappa shape index (κ1) is 14.9. The number of piperidine rings is 1. The molecule has 1 saturated heterocycles. The average molecular weight is 262 g/mol. The molecule has 1 aliphatic rings. The van der Waals surface area contributed by atoms with E-state index in [1.807, 2.05) is 0 Å². The molecule has 0 amide bonds. The Morgan fingerprint density at radius 3 is 2.47 bits per heavy atom. The summed E-state index contributed by atoms with van der Waals surface area (Å²) in [6, 6.07) is 0.131. The molecular formula is C12H26N2O2S. The van der Waals surface area contributed by atoms with Crippen LogP contribution >= 0.6 is 0 Å². The van der Waals surface area contributed by atoms with Crippen LogP contribution in [-0.4, -0.2) is 38.1 Å². The number of hydrogen-bond acceptors (Lipinski definition) is 3. The van der Waals surface area contributed by atoms with Crippen molar-refractivity contribution in [2.24, 2.45) is 17.1 Å². The van der Waals surface area contributed by atoms with Crippen LogP contribution in [0.4, 0.5) is 0 Å². The van der Waals surface area contributed by atoms with E-state index in [0.717, 1.165) is 19.3 Å². The van der Waals surface area contributed by atoms with Crippen molar-refractivity contribution in [3.05, 3.63) is 0 Å². The van der Waals surface area contributed by atoms with E-state index in [4.69, 9.17) is 5.73 Å². The molecule has 2 N–H and O–H groups in total. The summed E-state index contributed by atoms with van der Waals surface area (Å²) in [5.41, 5.74) is 6.26. The molecule has 0 radical (unpaired) electrons. The summed E-state index contributed by atoms with van der Waals surface area (Å²) in [4.78, 5) is 0. The van der Waals surface area contributed by atoms with Crippen LogP contribution in [0.2, 0.25) is 0 Å². The van der Waals surface area contributed by atoms with Gasteiger partial charge in [0.1, 0.15) is 0 Å². The Kier molecular flexibility index (Phi) is 4.60. The van der Waals surface area contributed by atoms with Gasteiger partial charge in [-0.05, 0) is 30.6 Å². The molecule has 2 atom stereocenters. The first-order valence-corrected chi connectivity index (χ1v) is 8.16. The highest BCUT2D eigenvalue weighted by Crippen LogP contribution is 2.28. The quantitative estimate of drug-likeness (QED) is 0.836. The van der Waals surface area contributed by atoms with Gasteiger partial charge in [0.2, 0.25) is 10.0 Å². The van der Waals surface area contributed by atoms with E-state index in [9.17, 15) is 8.42 Å². The maximum Gasteiger partial charge on any atom is 0.211 e. The molecule has 17 heavy (non-hydrogen) atoms. The molecule has 1 fully saturated rings. The van der Waals surface area contributed by atoms with Gasteiger partial charge in [-0.15, -0.1) is 0 Å². The second kappa shape index (κ2) is 5.24. The lowest BCUT2D eigenvalue weighted by Crippen LogP contribution is -2.43. The zero-order chi connectivity index (χ0) is 13.3.